The van der Waals surface area contributed by atoms with Crippen LogP contribution in [0, 0.1) is 19.3 Å². The molecule has 2 aromatic rings. The molecule has 0 bridgehead atoms. The summed E-state index contributed by atoms with van der Waals surface area (Å²) in [5, 5.41) is 26.7. The first-order valence-electron chi connectivity index (χ1n) is 13.0. The molecule has 0 radical (unpaired) electrons. The molecule has 2 aromatic carbocycles. The van der Waals surface area contributed by atoms with Gasteiger partial charge in [0.1, 0.15) is 11.8 Å². The fourth-order valence-electron chi connectivity index (χ4n) is 4.89. The van der Waals surface area contributed by atoms with Gasteiger partial charge in [-0.2, -0.15) is 0 Å². The van der Waals surface area contributed by atoms with Crippen molar-refractivity contribution in [3.8, 4) is 5.75 Å². The van der Waals surface area contributed by atoms with Crippen molar-refractivity contribution in [1.29, 1.82) is 0 Å². The number of carbonyl (C=O) groups is 3. The van der Waals surface area contributed by atoms with Gasteiger partial charge in [0.15, 0.2) is 6.10 Å². The van der Waals surface area contributed by atoms with Gasteiger partial charge in [0, 0.05) is 17.7 Å². The number of aryl methyl sites for hydroxylation is 1. The van der Waals surface area contributed by atoms with E-state index < -0.39 is 53.8 Å². The number of nitrogens with zero attached hydrogens (tertiary/aromatic N) is 1. The fraction of sp³-hybridized carbons (Fsp3) is 0.483. The Kier molecular flexibility index (Phi) is 9.00. The maximum Gasteiger partial charge on any atom is 0.272 e. The number of nitrogens with one attached hydrogen (secondary N) is 2. The number of aliphatic hydroxyl groups excluding tert-OH is 1. The van der Waals surface area contributed by atoms with Crippen LogP contribution in [0.25, 0.3) is 0 Å². The Morgan fingerprint density at radius 2 is 1.77 bits per heavy atom. The van der Waals surface area contributed by atoms with Gasteiger partial charge in [-0.05, 0) is 49.9 Å². The number of aromatic hydroxyl groups is 1. The van der Waals surface area contributed by atoms with Crippen molar-refractivity contribution in [2.24, 2.45) is 5.41 Å². The molecule has 1 saturated heterocycles. The summed E-state index contributed by atoms with van der Waals surface area (Å²) in [4.78, 5) is 40.6. The number of benzene rings is 2. The van der Waals surface area contributed by atoms with E-state index in [1.165, 1.54) is 19.9 Å². The molecule has 1 heterocycles. The first-order valence-corrected chi connectivity index (χ1v) is 13.0. The molecule has 0 saturated carbocycles. The number of halogens is 2. The van der Waals surface area contributed by atoms with Crippen LogP contribution < -0.4 is 10.6 Å². The molecule has 3 rings (SSSR count). The van der Waals surface area contributed by atoms with Gasteiger partial charge in [-0.1, -0.05) is 51.1 Å². The highest BCUT2D eigenvalue weighted by Crippen LogP contribution is 2.48. The summed E-state index contributed by atoms with van der Waals surface area (Å²) < 4.78 is 30.2. The standard InChI is InChI=1S/C29H37F2N3O5/c1-6-12-32-26(38)24-28(4,5)29(30,31)16-34(24)27(39)23(36)21(15-19-10-8-7-9-11-19)33-25(37)20-13-17(2)14-22(35)18(20)3/h7-11,13-14,21,23-24,35-36H,6,12,15-16H2,1-5H3,(H,32,38)(H,33,37). The molecule has 3 atom stereocenters. The van der Waals surface area contributed by atoms with Crippen LogP contribution in [0.4, 0.5) is 8.78 Å². The Morgan fingerprint density at radius 3 is 2.38 bits per heavy atom. The Labute approximate surface area is 227 Å². The molecule has 212 valence electrons. The Balaban J connectivity index is 1.96. The van der Waals surface area contributed by atoms with Gasteiger partial charge in [0.05, 0.1) is 18.0 Å². The van der Waals surface area contributed by atoms with Gasteiger partial charge in [0.25, 0.3) is 17.7 Å². The van der Waals surface area contributed by atoms with Crippen molar-refractivity contribution in [2.75, 3.05) is 13.1 Å². The van der Waals surface area contributed by atoms with Crippen LogP contribution in [-0.4, -0.2) is 70.0 Å². The summed E-state index contributed by atoms with van der Waals surface area (Å²) in [6.45, 7) is 6.72. The van der Waals surface area contributed by atoms with Crippen molar-refractivity contribution < 1.29 is 33.4 Å². The maximum atomic E-state index is 15.1. The molecule has 3 unspecified atom stereocenters. The average molecular weight is 546 g/mol. The van der Waals surface area contributed by atoms with E-state index in [2.05, 4.69) is 10.6 Å². The van der Waals surface area contributed by atoms with Crippen LogP contribution in [0.15, 0.2) is 42.5 Å². The zero-order valence-corrected chi connectivity index (χ0v) is 22.9. The molecule has 0 spiro atoms. The van der Waals surface area contributed by atoms with Crippen LogP contribution in [0.1, 0.15) is 54.2 Å². The number of alkyl halides is 2. The summed E-state index contributed by atoms with van der Waals surface area (Å²) in [6.07, 6.45) is -1.35. The van der Waals surface area contributed by atoms with E-state index in [0.29, 0.717) is 23.1 Å². The molecule has 39 heavy (non-hydrogen) atoms. The second-order valence-electron chi connectivity index (χ2n) is 10.8. The zero-order valence-electron chi connectivity index (χ0n) is 22.9. The van der Waals surface area contributed by atoms with Crippen molar-refractivity contribution in [3.05, 3.63) is 64.7 Å². The van der Waals surface area contributed by atoms with E-state index in [1.807, 2.05) is 6.92 Å². The van der Waals surface area contributed by atoms with Gasteiger partial charge in [-0.3, -0.25) is 14.4 Å². The summed E-state index contributed by atoms with van der Waals surface area (Å²) in [5.74, 6) is -5.94. The third-order valence-electron chi connectivity index (χ3n) is 7.41. The second-order valence-corrected chi connectivity index (χ2v) is 10.8. The van der Waals surface area contributed by atoms with E-state index in [9.17, 15) is 24.6 Å². The van der Waals surface area contributed by atoms with Crippen molar-refractivity contribution in [2.45, 2.75) is 71.6 Å². The number of likely N-dealkylation sites (tertiary alicyclic amines) is 1. The lowest BCUT2D eigenvalue weighted by molar-refractivity contribution is -0.148. The third-order valence-corrected chi connectivity index (χ3v) is 7.41. The smallest absolute Gasteiger partial charge is 0.272 e. The Bertz CT molecular complexity index is 1220. The SMILES string of the molecule is CCCNC(=O)C1N(C(=O)C(O)C(Cc2ccccc2)NC(=O)c2cc(C)cc(O)c2C)CC(F)(F)C1(C)C. The molecule has 3 amide bonds. The minimum atomic E-state index is -3.40. The Morgan fingerprint density at radius 1 is 1.13 bits per heavy atom. The lowest BCUT2D eigenvalue weighted by atomic mass is 9.81. The number of carbonyl (C=O) groups excluding carboxylic acids is 3. The number of hydrogen-bond acceptors (Lipinski definition) is 5. The predicted molar refractivity (Wildman–Crippen MR) is 143 cm³/mol. The number of phenolic OH excluding ortho intramolecular Hbond substituents is 1. The number of aliphatic hydroxyl groups is 1. The molecule has 0 aromatic heterocycles. The van der Waals surface area contributed by atoms with Crippen molar-refractivity contribution in [1.82, 2.24) is 15.5 Å². The number of hydrogen-bond donors (Lipinski definition) is 4. The van der Waals surface area contributed by atoms with Crippen LogP contribution in [0.3, 0.4) is 0 Å². The zero-order chi connectivity index (χ0) is 29.1. The van der Waals surface area contributed by atoms with E-state index in [0.717, 1.165) is 4.90 Å². The summed E-state index contributed by atoms with van der Waals surface area (Å²) in [6, 6.07) is 9.11. The number of amides is 3. The summed E-state index contributed by atoms with van der Waals surface area (Å²) in [5.41, 5.74) is -0.124. The first-order chi connectivity index (χ1) is 18.2. The largest absolute Gasteiger partial charge is 0.508 e. The predicted octanol–water partition coefficient (Wildman–Crippen LogP) is 3.11. The average Bonchev–Trinajstić information content (AvgIpc) is 3.07. The Hall–Kier alpha value is -3.53. The highest BCUT2D eigenvalue weighted by Gasteiger charge is 2.64. The summed E-state index contributed by atoms with van der Waals surface area (Å²) >= 11 is 0. The monoisotopic (exact) mass is 545 g/mol. The molecular weight excluding hydrogens is 508 g/mol. The molecule has 8 nitrogen and oxygen atoms in total. The maximum absolute atomic E-state index is 15.1. The quantitative estimate of drug-likeness (QED) is 0.386. The van der Waals surface area contributed by atoms with Crippen LogP contribution in [0.5, 0.6) is 5.75 Å². The van der Waals surface area contributed by atoms with Gasteiger partial charge < -0.3 is 25.7 Å². The van der Waals surface area contributed by atoms with E-state index in [-0.39, 0.29) is 24.3 Å². The molecule has 4 N–H and O–H groups in total. The molecular formula is C29H37F2N3O5. The molecule has 1 aliphatic rings. The fourth-order valence-corrected chi connectivity index (χ4v) is 4.89. The molecule has 1 aliphatic heterocycles. The minimum Gasteiger partial charge on any atom is -0.508 e. The third kappa shape index (κ3) is 6.21. The second kappa shape index (κ2) is 11.7. The van der Waals surface area contributed by atoms with Gasteiger partial charge in [-0.15, -0.1) is 0 Å². The van der Waals surface area contributed by atoms with Gasteiger partial charge in [-0.25, -0.2) is 8.78 Å². The van der Waals surface area contributed by atoms with Crippen molar-refractivity contribution >= 4 is 17.7 Å². The number of phenols is 1. The highest BCUT2D eigenvalue weighted by atomic mass is 19.3. The van der Waals surface area contributed by atoms with Crippen LogP contribution >= 0.6 is 0 Å². The summed E-state index contributed by atoms with van der Waals surface area (Å²) in [7, 11) is 0. The first kappa shape index (κ1) is 30.0. The lowest BCUT2D eigenvalue weighted by Crippen LogP contribution is -2.57. The number of rotatable bonds is 9. The van der Waals surface area contributed by atoms with Crippen LogP contribution in [-0.2, 0) is 16.0 Å². The van der Waals surface area contributed by atoms with E-state index in [1.54, 1.807) is 50.2 Å². The van der Waals surface area contributed by atoms with Gasteiger partial charge >= 0.3 is 0 Å². The van der Waals surface area contributed by atoms with Crippen molar-refractivity contribution in [3.63, 3.8) is 0 Å². The molecule has 10 heteroatoms. The minimum absolute atomic E-state index is 0.0106. The van der Waals surface area contributed by atoms with Gasteiger partial charge in [0.2, 0.25) is 5.91 Å². The molecule has 0 aliphatic carbocycles. The highest BCUT2D eigenvalue weighted by molar-refractivity contribution is 5.97. The normalized spacial score (nSPS) is 19.3. The topological polar surface area (TPSA) is 119 Å². The van der Waals surface area contributed by atoms with E-state index in [4.69, 9.17) is 0 Å². The van der Waals surface area contributed by atoms with E-state index >= 15 is 8.78 Å². The van der Waals surface area contributed by atoms with Crippen LogP contribution in [0.2, 0.25) is 0 Å². The molecule has 1 fully saturated rings. The lowest BCUT2D eigenvalue weighted by Gasteiger charge is -2.34.